The fourth-order valence-electron chi connectivity index (χ4n) is 3.34. The third-order valence-electron chi connectivity index (χ3n) is 4.54. The molecule has 1 aliphatic rings. The van der Waals surface area contributed by atoms with E-state index in [1.165, 1.54) is 11.1 Å². The number of likely N-dealkylation sites (tertiary alicyclic amines) is 1. The summed E-state index contributed by atoms with van der Waals surface area (Å²) < 4.78 is 4.89. The van der Waals surface area contributed by atoms with Gasteiger partial charge in [-0.1, -0.05) is 24.3 Å². The number of nitrogens with zero attached hydrogens (tertiary/aromatic N) is 2. The topological polar surface area (TPSA) is 61.9 Å². The number of piperidine rings is 1. The lowest BCUT2D eigenvalue weighted by Crippen LogP contribution is -2.45. The molecule has 0 spiro atoms. The molecule has 26 heavy (non-hydrogen) atoms. The molecule has 6 heteroatoms. The first kappa shape index (κ1) is 20.2. The zero-order chi connectivity index (χ0) is 18.9. The van der Waals surface area contributed by atoms with Crippen molar-refractivity contribution >= 4 is 12.0 Å². The second-order valence-corrected chi connectivity index (χ2v) is 6.97. The number of hydrogen-bond acceptors (Lipinski definition) is 4. The fraction of sp³-hybridized carbons (Fsp3) is 0.600. The molecular weight excluding hydrogens is 330 g/mol. The lowest BCUT2D eigenvalue weighted by molar-refractivity contribution is -0.142. The number of carbonyl (C=O) groups is 2. The molecule has 2 rings (SSSR count). The normalized spacial score (nSPS) is 17.2. The van der Waals surface area contributed by atoms with Crippen LogP contribution in [0.4, 0.5) is 4.79 Å². The maximum absolute atomic E-state index is 12.6. The van der Waals surface area contributed by atoms with E-state index in [4.69, 9.17) is 4.74 Å². The average Bonchev–Trinajstić information content (AvgIpc) is 2.62. The summed E-state index contributed by atoms with van der Waals surface area (Å²) in [4.78, 5) is 28.0. The van der Waals surface area contributed by atoms with Crippen molar-refractivity contribution in [3.63, 3.8) is 0 Å². The van der Waals surface area contributed by atoms with Gasteiger partial charge in [-0.25, -0.2) is 4.79 Å². The van der Waals surface area contributed by atoms with Gasteiger partial charge in [0.15, 0.2) is 0 Å². The minimum absolute atomic E-state index is 0.0970. The number of amides is 2. The molecule has 0 aliphatic carbocycles. The molecule has 1 aromatic carbocycles. The molecule has 1 aliphatic heterocycles. The van der Waals surface area contributed by atoms with Crippen LogP contribution in [0.3, 0.4) is 0 Å². The number of urea groups is 1. The van der Waals surface area contributed by atoms with Gasteiger partial charge < -0.3 is 19.9 Å². The quantitative estimate of drug-likeness (QED) is 0.759. The van der Waals surface area contributed by atoms with Crippen LogP contribution in [0, 0.1) is 0 Å². The van der Waals surface area contributed by atoms with E-state index in [0.29, 0.717) is 13.2 Å². The maximum Gasteiger partial charge on any atom is 0.317 e. The van der Waals surface area contributed by atoms with Crippen LogP contribution in [0.15, 0.2) is 24.3 Å². The summed E-state index contributed by atoms with van der Waals surface area (Å²) in [6.07, 6.45) is 3.31. The molecule has 0 radical (unpaired) electrons. The molecule has 0 unspecified atom stereocenters. The van der Waals surface area contributed by atoms with E-state index in [1.54, 1.807) is 6.92 Å². The van der Waals surface area contributed by atoms with E-state index in [9.17, 15) is 9.59 Å². The van der Waals surface area contributed by atoms with Gasteiger partial charge in [-0.05, 0) is 51.4 Å². The van der Waals surface area contributed by atoms with Gasteiger partial charge >= 0.3 is 12.0 Å². The molecule has 1 N–H and O–H groups in total. The molecule has 2 amide bonds. The SMILES string of the molecule is CCOC(=O)CCNC(=O)N1CCCC[C@@H]1c1ccc(CN(C)C)cc1. The van der Waals surface area contributed by atoms with Crippen LogP contribution in [0.1, 0.15) is 49.8 Å². The molecule has 1 saturated heterocycles. The Morgan fingerprint density at radius 1 is 1.23 bits per heavy atom. The molecule has 6 nitrogen and oxygen atoms in total. The molecule has 1 fully saturated rings. The third kappa shape index (κ3) is 6.02. The van der Waals surface area contributed by atoms with Gasteiger partial charge in [0.2, 0.25) is 0 Å². The molecule has 1 aromatic rings. The highest BCUT2D eigenvalue weighted by molar-refractivity contribution is 5.76. The largest absolute Gasteiger partial charge is 0.466 e. The Balaban J connectivity index is 1.95. The summed E-state index contributed by atoms with van der Waals surface area (Å²) in [7, 11) is 4.11. The van der Waals surface area contributed by atoms with Crippen molar-refractivity contribution in [1.29, 1.82) is 0 Å². The highest BCUT2D eigenvalue weighted by atomic mass is 16.5. The van der Waals surface area contributed by atoms with E-state index in [0.717, 1.165) is 32.4 Å². The zero-order valence-electron chi connectivity index (χ0n) is 16.2. The van der Waals surface area contributed by atoms with E-state index >= 15 is 0 Å². The van der Waals surface area contributed by atoms with Crippen molar-refractivity contribution in [3.8, 4) is 0 Å². The monoisotopic (exact) mass is 361 g/mol. The molecule has 1 atom stereocenters. The summed E-state index contributed by atoms with van der Waals surface area (Å²) >= 11 is 0. The Labute approximate surface area is 156 Å². The summed E-state index contributed by atoms with van der Waals surface area (Å²) in [5.74, 6) is -0.278. The predicted molar refractivity (Wildman–Crippen MR) is 102 cm³/mol. The first-order valence-electron chi connectivity index (χ1n) is 9.45. The molecule has 0 bridgehead atoms. The van der Waals surface area contributed by atoms with Crippen molar-refractivity contribution in [2.24, 2.45) is 0 Å². The minimum atomic E-state index is -0.278. The van der Waals surface area contributed by atoms with Crippen molar-refractivity contribution in [3.05, 3.63) is 35.4 Å². The van der Waals surface area contributed by atoms with Gasteiger partial charge in [-0.3, -0.25) is 4.79 Å². The number of carbonyl (C=O) groups excluding carboxylic acids is 2. The number of ether oxygens (including phenoxy) is 1. The lowest BCUT2D eigenvalue weighted by Gasteiger charge is -2.36. The Kier molecular flexibility index (Phi) is 7.91. The van der Waals surface area contributed by atoms with E-state index in [1.807, 2.05) is 4.90 Å². The van der Waals surface area contributed by atoms with Crippen LogP contribution >= 0.6 is 0 Å². The predicted octanol–water partition coefficient (Wildman–Crippen LogP) is 2.94. The molecule has 0 saturated carbocycles. The number of hydrogen-bond donors (Lipinski definition) is 1. The van der Waals surface area contributed by atoms with Crippen LogP contribution in [-0.4, -0.2) is 55.6 Å². The van der Waals surface area contributed by atoms with Crippen LogP contribution in [0.25, 0.3) is 0 Å². The third-order valence-corrected chi connectivity index (χ3v) is 4.54. The Bertz CT molecular complexity index is 586. The number of esters is 1. The summed E-state index contributed by atoms with van der Waals surface area (Å²) in [5, 5.41) is 2.86. The van der Waals surface area contributed by atoms with E-state index < -0.39 is 0 Å². The molecular formula is C20H31N3O3. The van der Waals surface area contributed by atoms with Gasteiger partial charge in [0.25, 0.3) is 0 Å². The first-order chi connectivity index (χ1) is 12.5. The van der Waals surface area contributed by atoms with Crippen LogP contribution in [-0.2, 0) is 16.1 Å². The highest BCUT2D eigenvalue weighted by Gasteiger charge is 2.27. The van der Waals surface area contributed by atoms with Crippen molar-refractivity contribution < 1.29 is 14.3 Å². The van der Waals surface area contributed by atoms with Crippen molar-refractivity contribution in [1.82, 2.24) is 15.1 Å². The second kappa shape index (κ2) is 10.2. The maximum atomic E-state index is 12.6. The Hall–Kier alpha value is -2.08. The highest BCUT2D eigenvalue weighted by Crippen LogP contribution is 2.31. The smallest absolute Gasteiger partial charge is 0.317 e. The fourth-order valence-corrected chi connectivity index (χ4v) is 3.34. The van der Waals surface area contributed by atoms with E-state index in [2.05, 4.69) is 48.6 Å². The van der Waals surface area contributed by atoms with Crippen molar-refractivity contribution in [2.45, 2.75) is 45.2 Å². The summed E-state index contributed by atoms with van der Waals surface area (Å²) in [6, 6.07) is 8.54. The standard InChI is InChI=1S/C20H31N3O3/c1-4-26-19(24)12-13-21-20(25)23-14-6-5-7-18(23)17-10-8-16(9-11-17)15-22(2)3/h8-11,18H,4-7,12-15H2,1-3H3,(H,21,25)/t18-/m1/s1. The molecule has 1 heterocycles. The van der Waals surface area contributed by atoms with E-state index in [-0.39, 0.29) is 24.5 Å². The average molecular weight is 361 g/mol. The lowest BCUT2D eigenvalue weighted by atomic mass is 9.95. The molecule has 0 aromatic heterocycles. The summed E-state index contributed by atoms with van der Waals surface area (Å²) in [6.45, 7) is 4.10. The minimum Gasteiger partial charge on any atom is -0.466 e. The Morgan fingerprint density at radius 3 is 2.62 bits per heavy atom. The second-order valence-electron chi connectivity index (χ2n) is 6.97. The zero-order valence-corrected chi connectivity index (χ0v) is 16.2. The molecule has 144 valence electrons. The Morgan fingerprint density at radius 2 is 1.96 bits per heavy atom. The van der Waals surface area contributed by atoms with Crippen molar-refractivity contribution in [2.75, 3.05) is 33.8 Å². The number of nitrogens with one attached hydrogen (secondary N) is 1. The van der Waals surface area contributed by atoms with Crippen LogP contribution < -0.4 is 5.32 Å². The van der Waals surface area contributed by atoms with Gasteiger partial charge in [-0.15, -0.1) is 0 Å². The summed E-state index contributed by atoms with van der Waals surface area (Å²) in [5.41, 5.74) is 2.44. The van der Waals surface area contributed by atoms with Crippen LogP contribution in [0.5, 0.6) is 0 Å². The number of benzene rings is 1. The first-order valence-corrected chi connectivity index (χ1v) is 9.45. The van der Waals surface area contributed by atoms with Gasteiger partial charge in [-0.2, -0.15) is 0 Å². The van der Waals surface area contributed by atoms with Gasteiger partial charge in [0.05, 0.1) is 19.1 Å². The van der Waals surface area contributed by atoms with Gasteiger partial charge in [0, 0.05) is 19.6 Å². The van der Waals surface area contributed by atoms with Gasteiger partial charge in [0.1, 0.15) is 0 Å². The van der Waals surface area contributed by atoms with Crippen LogP contribution in [0.2, 0.25) is 0 Å². The number of rotatable bonds is 7.